The summed E-state index contributed by atoms with van der Waals surface area (Å²) in [6.07, 6.45) is 1.33. The summed E-state index contributed by atoms with van der Waals surface area (Å²) < 4.78 is 54.0. The maximum absolute atomic E-state index is 12.4. The zero-order valence-electron chi connectivity index (χ0n) is 18.9. The number of anilines is 1. The fraction of sp³-hybridized carbons (Fsp3) is 0.176. The van der Waals surface area contributed by atoms with E-state index >= 15 is 0 Å². The third-order valence-electron chi connectivity index (χ3n) is 3.14. The molecule has 0 aliphatic rings. The molecule has 0 spiro atoms. The fourth-order valence-electron chi connectivity index (χ4n) is 2.11. The van der Waals surface area contributed by atoms with Gasteiger partial charge in [-0.05, 0) is 19.8 Å². The van der Waals surface area contributed by atoms with Crippen LogP contribution in [0, 0.1) is 0 Å². The number of aromatic nitrogens is 4. The molecular weight excluding hydrogens is 290 g/mol. The largest absolute Gasteiger partial charge is 0.368 e. The van der Waals surface area contributed by atoms with Gasteiger partial charge in [-0.2, -0.15) is 5.10 Å². The van der Waals surface area contributed by atoms with Crippen LogP contribution in [0.4, 0.5) is 5.95 Å². The summed E-state index contributed by atoms with van der Waals surface area (Å²) >= 11 is 0. The van der Waals surface area contributed by atoms with Crippen LogP contribution in [0.25, 0.3) is 22.5 Å². The first-order valence-corrected chi connectivity index (χ1v) is 6.65. The molecule has 0 saturated carbocycles. The van der Waals surface area contributed by atoms with Crippen molar-refractivity contribution in [1.82, 2.24) is 19.7 Å². The van der Waals surface area contributed by atoms with Gasteiger partial charge in [0.1, 0.15) is 0 Å². The number of benzene rings is 1. The second kappa shape index (κ2) is 6.00. The Kier molecular flexibility index (Phi) is 2.24. The van der Waals surface area contributed by atoms with E-state index in [1.165, 1.54) is 12.3 Å². The van der Waals surface area contributed by atoms with Crippen LogP contribution < -0.4 is 11.3 Å². The van der Waals surface area contributed by atoms with Crippen molar-refractivity contribution < 1.29 is 9.60 Å². The minimum absolute atomic E-state index is 0.0126. The molecule has 0 saturated heterocycles. The molecule has 2 aromatic heterocycles. The van der Waals surface area contributed by atoms with Crippen molar-refractivity contribution in [3.05, 3.63) is 59.0 Å². The molecule has 3 aromatic rings. The number of hydrogen-bond acceptors (Lipinski definition) is 5. The van der Waals surface area contributed by atoms with Crippen molar-refractivity contribution in [3.63, 3.8) is 0 Å². The Balaban J connectivity index is 2.29. The van der Waals surface area contributed by atoms with Gasteiger partial charge in [-0.3, -0.25) is 4.79 Å². The van der Waals surface area contributed by atoms with Crippen molar-refractivity contribution in [2.24, 2.45) is 0 Å². The molecule has 0 radical (unpaired) electrons. The summed E-state index contributed by atoms with van der Waals surface area (Å²) in [6, 6.07) is 7.77. The normalized spacial score (nSPS) is 17.0. The van der Waals surface area contributed by atoms with Crippen LogP contribution in [0.5, 0.6) is 0 Å². The van der Waals surface area contributed by atoms with Crippen LogP contribution in [-0.4, -0.2) is 19.7 Å². The van der Waals surface area contributed by atoms with Gasteiger partial charge in [0, 0.05) is 31.6 Å². The molecule has 0 aliphatic heterocycles. The van der Waals surface area contributed by atoms with E-state index in [0.29, 0.717) is 11.3 Å². The van der Waals surface area contributed by atoms with Gasteiger partial charge in [0.15, 0.2) is 0 Å². The summed E-state index contributed by atoms with van der Waals surface area (Å²) in [5.41, 5.74) is 5.94. The molecule has 23 heavy (non-hydrogen) atoms. The van der Waals surface area contributed by atoms with Gasteiger partial charge in [0.05, 0.1) is 18.8 Å². The van der Waals surface area contributed by atoms with Crippen LogP contribution in [0.3, 0.4) is 0 Å². The zero-order chi connectivity index (χ0) is 22.3. The van der Waals surface area contributed by atoms with Gasteiger partial charge in [-0.15, -0.1) is 0 Å². The molecule has 6 heteroatoms. The molecule has 6 nitrogen and oxygen atoms in total. The van der Waals surface area contributed by atoms with Crippen molar-refractivity contribution in [1.29, 1.82) is 0 Å². The summed E-state index contributed by atoms with van der Waals surface area (Å²) in [5.74, 6) is -0.0225. The second-order valence-electron chi connectivity index (χ2n) is 4.67. The molecule has 0 aliphatic carbocycles. The Bertz CT molecular complexity index is 1110. The van der Waals surface area contributed by atoms with E-state index in [1.54, 1.807) is 30.3 Å². The van der Waals surface area contributed by atoms with E-state index in [-0.39, 0.29) is 21.9 Å². The molecule has 0 fully saturated rings. The minimum Gasteiger partial charge on any atom is -0.368 e. The van der Waals surface area contributed by atoms with Crippen LogP contribution in [0.2, 0.25) is 0 Å². The second-order valence-corrected chi connectivity index (χ2v) is 4.67. The number of rotatable bonds is 3. The Labute approximate surface area is 143 Å². The summed E-state index contributed by atoms with van der Waals surface area (Å²) in [4.78, 5) is 20.5. The Morgan fingerprint density at radius 2 is 2.00 bits per heavy atom. The highest BCUT2D eigenvalue weighted by molar-refractivity contribution is 5.78. The van der Waals surface area contributed by atoms with E-state index in [2.05, 4.69) is 15.1 Å². The van der Waals surface area contributed by atoms with E-state index < -0.39 is 25.3 Å². The Morgan fingerprint density at radius 3 is 2.74 bits per heavy atom. The van der Waals surface area contributed by atoms with Gasteiger partial charge in [-0.25, -0.2) is 14.6 Å². The fourth-order valence-corrected chi connectivity index (χ4v) is 2.11. The third-order valence-corrected chi connectivity index (χ3v) is 3.14. The molecule has 0 amide bonds. The molecule has 2 N–H and O–H groups in total. The van der Waals surface area contributed by atoms with Crippen molar-refractivity contribution in [3.8, 4) is 22.5 Å². The van der Waals surface area contributed by atoms with Crippen molar-refractivity contribution in [2.75, 3.05) is 5.73 Å². The highest BCUT2D eigenvalue weighted by Gasteiger charge is 2.13. The van der Waals surface area contributed by atoms with E-state index in [0.717, 1.165) is 6.07 Å². The van der Waals surface area contributed by atoms with Crippen molar-refractivity contribution in [2.45, 2.75) is 19.7 Å². The molecule has 0 atom stereocenters. The van der Waals surface area contributed by atoms with E-state index in [4.69, 9.17) is 15.3 Å². The first-order valence-electron chi connectivity index (χ1n) is 10.2. The van der Waals surface area contributed by atoms with Gasteiger partial charge in [0.25, 0.3) is 5.56 Å². The molecule has 116 valence electrons. The maximum Gasteiger partial charge on any atom is 0.267 e. The highest BCUT2D eigenvalue weighted by atomic mass is 16.1. The SMILES string of the molecule is [2H]C([2H])([2H])C([2H])(n1nc(-c2cnc(N)nc2-c2ccccc2)ccc1=O)C([2H])([2H])[2H]. The first-order chi connectivity index (χ1) is 13.9. The number of hydrogen-bond donors (Lipinski definition) is 1. The average Bonchev–Trinajstić information content (AvgIpc) is 2.67. The lowest BCUT2D eigenvalue weighted by Crippen LogP contribution is -2.24. The molecule has 2 heterocycles. The number of nitrogens with zero attached hydrogens (tertiary/aromatic N) is 4. The summed E-state index contributed by atoms with van der Waals surface area (Å²) in [5, 5.41) is 3.94. The van der Waals surface area contributed by atoms with Gasteiger partial charge in [-0.1, -0.05) is 30.3 Å². The molecular formula is C17H17N5O. The molecule has 1 aromatic carbocycles. The summed E-state index contributed by atoms with van der Waals surface area (Å²) in [6.45, 7) is -6.73. The van der Waals surface area contributed by atoms with E-state index in [1.807, 2.05) is 0 Å². The van der Waals surface area contributed by atoms with Gasteiger partial charge >= 0.3 is 0 Å². The predicted octanol–water partition coefficient (Wildman–Crippen LogP) is 2.53. The van der Waals surface area contributed by atoms with Gasteiger partial charge in [0.2, 0.25) is 5.95 Å². The van der Waals surface area contributed by atoms with Crippen LogP contribution in [-0.2, 0) is 0 Å². The number of nitrogens with two attached hydrogens (primary N) is 1. The summed E-state index contributed by atoms with van der Waals surface area (Å²) in [7, 11) is 0. The quantitative estimate of drug-likeness (QED) is 0.802. The van der Waals surface area contributed by atoms with Crippen molar-refractivity contribution >= 4 is 5.95 Å². The Morgan fingerprint density at radius 1 is 1.22 bits per heavy atom. The topological polar surface area (TPSA) is 86.7 Å². The van der Waals surface area contributed by atoms with E-state index in [9.17, 15) is 4.79 Å². The molecule has 0 bridgehead atoms. The lowest BCUT2D eigenvalue weighted by Gasteiger charge is -2.12. The number of nitrogen functional groups attached to an aromatic ring is 1. The maximum atomic E-state index is 12.4. The zero-order valence-corrected chi connectivity index (χ0v) is 11.9. The Hall–Kier alpha value is -3.02. The predicted molar refractivity (Wildman–Crippen MR) is 89.8 cm³/mol. The average molecular weight is 314 g/mol. The minimum atomic E-state index is -3.37. The standard InChI is InChI=1S/C17H17N5O/c1-11(2)22-15(23)9-8-14(21-22)13-10-19-17(18)20-16(13)12-6-4-3-5-7-12/h3-11H,1-2H3,(H2,18,19,20)/i1D3,2D3,11D. The lowest BCUT2D eigenvalue weighted by molar-refractivity contribution is 0.505. The molecule has 3 rings (SSSR count). The smallest absolute Gasteiger partial charge is 0.267 e. The van der Waals surface area contributed by atoms with Gasteiger partial charge < -0.3 is 5.73 Å². The molecule has 0 unspecified atom stereocenters. The monoisotopic (exact) mass is 314 g/mol. The van der Waals surface area contributed by atoms with Crippen LogP contribution >= 0.6 is 0 Å². The van der Waals surface area contributed by atoms with Crippen LogP contribution in [0.1, 0.15) is 29.3 Å². The highest BCUT2D eigenvalue weighted by Crippen LogP contribution is 2.28. The third kappa shape index (κ3) is 2.96. The first kappa shape index (κ1) is 8.57. The van der Waals surface area contributed by atoms with Crippen LogP contribution in [0.15, 0.2) is 53.5 Å². The lowest BCUT2D eigenvalue weighted by atomic mass is 10.0.